The monoisotopic (exact) mass is 436 g/mol. The summed E-state index contributed by atoms with van der Waals surface area (Å²) in [5.74, 6) is -0.375. The van der Waals surface area contributed by atoms with Crippen LogP contribution in [0.15, 0.2) is 60.7 Å². The minimum Gasteiger partial charge on any atom is -0.305 e. The van der Waals surface area contributed by atoms with Gasteiger partial charge in [0.15, 0.2) is 0 Å². The molecule has 6 heteroatoms. The summed E-state index contributed by atoms with van der Waals surface area (Å²) >= 11 is 7.56. The Labute approximate surface area is 182 Å². The molecule has 0 saturated heterocycles. The summed E-state index contributed by atoms with van der Waals surface area (Å²) in [6.45, 7) is 2.04. The van der Waals surface area contributed by atoms with Crippen LogP contribution in [-0.2, 0) is 6.42 Å². The average Bonchev–Trinajstić information content (AvgIpc) is 3.19. The van der Waals surface area contributed by atoms with E-state index in [0.29, 0.717) is 9.90 Å². The van der Waals surface area contributed by atoms with E-state index in [1.165, 1.54) is 23.5 Å². The van der Waals surface area contributed by atoms with E-state index >= 15 is 0 Å². The molecule has 1 unspecified atom stereocenters. The maximum atomic E-state index is 13.8. The van der Waals surface area contributed by atoms with Crippen LogP contribution in [0.2, 0.25) is 4.34 Å². The molecule has 0 radical (unpaired) electrons. The van der Waals surface area contributed by atoms with E-state index < -0.39 is 0 Å². The number of para-hydroxylation sites is 1. The van der Waals surface area contributed by atoms with E-state index in [0.717, 1.165) is 45.6 Å². The topological polar surface area (TPSA) is 33.2 Å². The fraction of sp³-hybridized carbons (Fsp3) is 0.167. The van der Waals surface area contributed by atoms with E-state index in [4.69, 9.17) is 16.6 Å². The minimum atomic E-state index is -0.276. The molecule has 0 spiro atoms. The van der Waals surface area contributed by atoms with Gasteiger partial charge in [-0.25, -0.2) is 9.37 Å². The predicted octanol–water partition coefficient (Wildman–Crippen LogP) is 6.74. The molecular weight excluding hydrogens is 419 g/mol. The highest BCUT2D eigenvalue weighted by molar-refractivity contribution is 7.19. The second-order valence-corrected chi connectivity index (χ2v) is 9.23. The molecule has 1 atom stereocenters. The lowest BCUT2D eigenvalue weighted by Crippen LogP contribution is -2.42. The molecule has 5 rings (SSSR count). The highest BCUT2D eigenvalue weighted by atomic mass is 35.5. The molecule has 4 aromatic rings. The Balaban J connectivity index is 1.68. The van der Waals surface area contributed by atoms with Crippen LogP contribution >= 0.6 is 22.9 Å². The van der Waals surface area contributed by atoms with Crippen molar-refractivity contribution in [3.63, 3.8) is 0 Å². The highest BCUT2D eigenvalue weighted by Gasteiger charge is 2.30. The molecule has 0 saturated carbocycles. The van der Waals surface area contributed by atoms with Crippen molar-refractivity contribution in [2.24, 2.45) is 0 Å². The fourth-order valence-corrected chi connectivity index (χ4v) is 5.09. The highest BCUT2D eigenvalue weighted by Crippen LogP contribution is 2.36. The lowest BCUT2D eigenvalue weighted by Gasteiger charge is -2.35. The largest absolute Gasteiger partial charge is 0.305 e. The first-order valence-corrected chi connectivity index (χ1v) is 11.0. The van der Waals surface area contributed by atoms with Crippen LogP contribution in [0.5, 0.6) is 0 Å². The molecule has 2 aromatic carbocycles. The molecule has 0 aliphatic carbocycles. The van der Waals surface area contributed by atoms with Crippen molar-refractivity contribution >= 4 is 45.4 Å². The number of aryl methyl sites for hydroxylation is 1. The standard InChI is InChI=1S/C24H18ClFN2OS/c1-14-6-7-15-12-16(26)8-9-21(15)28(14)24(29)18-13-20(22-10-11-23(25)30-22)27-19-5-3-2-4-17(18)19/h2-5,8-14H,6-7H2,1H3. The third-order valence-electron chi connectivity index (χ3n) is 5.56. The van der Waals surface area contributed by atoms with E-state index in [1.54, 1.807) is 11.0 Å². The van der Waals surface area contributed by atoms with Crippen LogP contribution in [-0.4, -0.2) is 16.9 Å². The maximum absolute atomic E-state index is 13.8. The van der Waals surface area contributed by atoms with Gasteiger partial charge in [-0.3, -0.25) is 4.79 Å². The van der Waals surface area contributed by atoms with Crippen molar-refractivity contribution in [1.29, 1.82) is 0 Å². The Morgan fingerprint density at radius 1 is 1.17 bits per heavy atom. The Morgan fingerprint density at radius 2 is 2.00 bits per heavy atom. The Kier molecular flexibility index (Phi) is 4.80. The summed E-state index contributed by atoms with van der Waals surface area (Å²) in [5.41, 5.74) is 3.71. The molecule has 2 aromatic heterocycles. The summed E-state index contributed by atoms with van der Waals surface area (Å²) in [6.07, 6.45) is 1.55. The number of hydrogen-bond acceptors (Lipinski definition) is 3. The van der Waals surface area contributed by atoms with Crippen molar-refractivity contribution in [3.05, 3.63) is 81.9 Å². The number of anilines is 1. The summed E-state index contributed by atoms with van der Waals surface area (Å²) in [4.78, 5) is 21.3. The molecule has 30 heavy (non-hydrogen) atoms. The Hall–Kier alpha value is -2.76. The number of halogens is 2. The average molecular weight is 437 g/mol. The molecule has 1 amide bonds. The van der Waals surface area contributed by atoms with Crippen molar-refractivity contribution in [3.8, 4) is 10.6 Å². The molecule has 0 N–H and O–H groups in total. The van der Waals surface area contributed by atoms with E-state index in [-0.39, 0.29) is 17.8 Å². The number of aromatic nitrogens is 1. The van der Waals surface area contributed by atoms with Gasteiger partial charge in [0.2, 0.25) is 0 Å². The van der Waals surface area contributed by atoms with Crippen molar-refractivity contribution < 1.29 is 9.18 Å². The van der Waals surface area contributed by atoms with E-state index in [2.05, 4.69) is 0 Å². The second kappa shape index (κ2) is 7.49. The van der Waals surface area contributed by atoms with Crippen LogP contribution in [0.3, 0.4) is 0 Å². The summed E-state index contributed by atoms with van der Waals surface area (Å²) in [6, 6.07) is 17.9. The van der Waals surface area contributed by atoms with Gasteiger partial charge in [-0.15, -0.1) is 11.3 Å². The lowest BCUT2D eigenvalue weighted by molar-refractivity contribution is 0.0976. The zero-order valence-electron chi connectivity index (χ0n) is 16.2. The normalized spacial score (nSPS) is 16.0. The van der Waals surface area contributed by atoms with Crippen LogP contribution in [0.4, 0.5) is 10.1 Å². The number of pyridine rings is 1. The number of amides is 1. The van der Waals surface area contributed by atoms with Gasteiger partial charge in [0.1, 0.15) is 5.82 Å². The zero-order chi connectivity index (χ0) is 20.8. The van der Waals surface area contributed by atoms with Crippen LogP contribution < -0.4 is 4.90 Å². The van der Waals surface area contributed by atoms with E-state index in [1.807, 2.05) is 49.4 Å². The number of thiophene rings is 1. The van der Waals surface area contributed by atoms with Crippen molar-refractivity contribution in [1.82, 2.24) is 4.98 Å². The SMILES string of the molecule is CC1CCc2cc(F)ccc2N1C(=O)c1cc(-c2ccc(Cl)s2)nc2ccccc12. The first kappa shape index (κ1) is 19.2. The smallest absolute Gasteiger partial charge is 0.259 e. The van der Waals surface area contributed by atoms with Gasteiger partial charge in [0.05, 0.1) is 26.0 Å². The van der Waals surface area contributed by atoms with Gasteiger partial charge in [-0.1, -0.05) is 29.8 Å². The number of fused-ring (bicyclic) bond motifs is 2. The van der Waals surface area contributed by atoms with Crippen LogP contribution in [0.1, 0.15) is 29.3 Å². The molecule has 1 aliphatic rings. The van der Waals surface area contributed by atoms with Gasteiger partial charge >= 0.3 is 0 Å². The number of rotatable bonds is 2. The van der Waals surface area contributed by atoms with Crippen LogP contribution in [0, 0.1) is 5.82 Å². The van der Waals surface area contributed by atoms with Gasteiger partial charge in [0.25, 0.3) is 5.91 Å². The number of benzene rings is 2. The summed E-state index contributed by atoms with van der Waals surface area (Å²) < 4.78 is 14.4. The van der Waals surface area contributed by atoms with Gasteiger partial charge < -0.3 is 4.90 Å². The van der Waals surface area contributed by atoms with Crippen molar-refractivity contribution in [2.45, 2.75) is 25.8 Å². The fourth-order valence-electron chi connectivity index (χ4n) is 4.09. The summed E-state index contributed by atoms with van der Waals surface area (Å²) in [5, 5.41) is 0.801. The maximum Gasteiger partial charge on any atom is 0.259 e. The summed E-state index contributed by atoms with van der Waals surface area (Å²) in [7, 11) is 0. The molecule has 3 heterocycles. The first-order valence-electron chi connectivity index (χ1n) is 9.79. The van der Waals surface area contributed by atoms with Gasteiger partial charge in [-0.05, 0) is 67.8 Å². The van der Waals surface area contributed by atoms with Crippen LogP contribution in [0.25, 0.3) is 21.5 Å². The third kappa shape index (κ3) is 3.28. The third-order valence-corrected chi connectivity index (χ3v) is 6.82. The lowest BCUT2D eigenvalue weighted by atomic mass is 9.95. The molecule has 3 nitrogen and oxygen atoms in total. The van der Waals surface area contributed by atoms with Gasteiger partial charge in [-0.2, -0.15) is 0 Å². The van der Waals surface area contributed by atoms with Gasteiger partial charge in [0, 0.05) is 17.1 Å². The van der Waals surface area contributed by atoms with Crippen molar-refractivity contribution in [2.75, 3.05) is 4.90 Å². The number of carbonyl (C=O) groups is 1. The molecule has 1 aliphatic heterocycles. The number of hydrogen-bond donors (Lipinski definition) is 0. The minimum absolute atomic E-state index is 0.0158. The molecular formula is C24H18ClFN2OS. The molecule has 150 valence electrons. The Bertz CT molecular complexity index is 1290. The van der Waals surface area contributed by atoms with E-state index in [9.17, 15) is 9.18 Å². The molecule has 0 bridgehead atoms. The Morgan fingerprint density at radius 3 is 2.80 bits per heavy atom. The number of nitrogens with zero attached hydrogens (tertiary/aromatic N) is 2. The second-order valence-electron chi connectivity index (χ2n) is 7.51. The first-order chi connectivity index (χ1) is 14.5. The number of carbonyl (C=O) groups excluding carboxylic acids is 1. The zero-order valence-corrected chi connectivity index (χ0v) is 17.8. The molecule has 0 fully saturated rings. The predicted molar refractivity (Wildman–Crippen MR) is 121 cm³/mol. The quantitative estimate of drug-likeness (QED) is 0.348.